The van der Waals surface area contributed by atoms with E-state index in [9.17, 15) is 4.39 Å². The van der Waals surface area contributed by atoms with Crippen LogP contribution in [0.5, 0.6) is 0 Å². The van der Waals surface area contributed by atoms with Crippen LogP contribution < -0.4 is 4.90 Å². The van der Waals surface area contributed by atoms with E-state index in [1.54, 1.807) is 12.1 Å². The number of halogens is 1. The molecule has 0 radical (unpaired) electrons. The van der Waals surface area contributed by atoms with Gasteiger partial charge < -0.3 is 9.42 Å². The van der Waals surface area contributed by atoms with Crippen LogP contribution >= 0.6 is 0 Å². The summed E-state index contributed by atoms with van der Waals surface area (Å²) in [6.45, 7) is 6.89. The quantitative estimate of drug-likeness (QED) is 0.866. The molecule has 1 aromatic carbocycles. The maximum absolute atomic E-state index is 13.1. The molecular formula is C18H23FN4O. The van der Waals surface area contributed by atoms with Crippen molar-refractivity contribution in [1.29, 1.82) is 0 Å². The Morgan fingerprint density at radius 3 is 2.75 bits per heavy atom. The number of hydrogen-bond donors (Lipinski definition) is 0. The van der Waals surface area contributed by atoms with Crippen LogP contribution in [0.4, 0.5) is 10.3 Å². The summed E-state index contributed by atoms with van der Waals surface area (Å²) in [5.41, 5.74) is 1.49. The first kappa shape index (κ1) is 15.6. The number of rotatable bonds is 3. The van der Waals surface area contributed by atoms with Crippen molar-refractivity contribution in [3.63, 3.8) is 0 Å². The molecule has 4 rings (SSSR count). The fourth-order valence-electron chi connectivity index (χ4n) is 4.15. The first-order valence-corrected chi connectivity index (χ1v) is 8.64. The van der Waals surface area contributed by atoms with Crippen molar-refractivity contribution in [2.24, 2.45) is 5.41 Å². The molecule has 3 heterocycles. The van der Waals surface area contributed by atoms with Crippen LogP contribution in [-0.4, -0.2) is 41.2 Å². The number of aryl methyl sites for hydroxylation is 1. The minimum atomic E-state index is -0.171. The Labute approximate surface area is 141 Å². The van der Waals surface area contributed by atoms with Crippen LogP contribution in [0.25, 0.3) is 0 Å². The van der Waals surface area contributed by atoms with E-state index in [4.69, 9.17) is 4.52 Å². The lowest BCUT2D eigenvalue weighted by atomic mass is 9.79. The summed E-state index contributed by atoms with van der Waals surface area (Å²) in [5.74, 6) is 1.17. The number of piperidine rings is 1. The number of benzene rings is 1. The Kier molecular flexibility index (Phi) is 4.00. The summed E-state index contributed by atoms with van der Waals surface area (Å²) in [7, 11) is 0. The van der Waals surface area contributed by atoms with Crippen molar-refractivity contribution >= 4 is 5.95 Å². The number of nitrogens with zero attached hydrogens (tertiary/aromatic N) is 4. The molecule has 2 fully saturated rings. The highest BCUT2D eigenvalue weighted by Gasteiger charge is 2.42. The van der Waals surface area contributed by atoms with E-state index >= 15 is 0 Å². The van der Waals surface area contributed by atoms with Crippen LogP contribution in [0.2, 0.25) is 0 Å². The molecule has 2 aliphatic heterocycles. The molecule has 6 heteroatoms. The zero-order chi connectivity index (χ0) is 16.6. The Bertz CT molecular complexity index is 701. The molecule has 0 amide bonds. The van der Waals surface area contributed by atoms with Gasteiger partial charge in [-0.1, -0.05) is 12.1 Å². The minimum Gasteiger partial charge on any atom is -0.338 e. The number of aromatic nitrogens is 2. The second-order valence-electron chi connectivity index (χ2n) is 7.23. The van der Waals surface area contributed by atoms with Gasteiger partial charge in [0.25, 0.3) is 5.95 Å². The molecule has 128 valence electrons. The fraction of sp³-hybridized carbons (Fsp3) is 0.556. The Hall–Kier alpha value is -1.95. The highest BCUT2D eigenvalue weighted by Crippen LogP contribution is 2.40. The van der Waals surface area contributed by atoms with Crippen molar-refractivity contribution in [1.82, 2.24) is 15.0 Å². The molecule has 0 saturated carbocycles. The summed E-state index contributed by atoms with van der Waals surface area (Å²) in [6, 6.07) is 6.87. The van der Waals surface area contributed by atoms with Gasteiger partial charge >= 0.3 is 0 Å². The van der Waals surface area contributed by atoms with E-state index in [2.05, 4.69) is 19.9 Å². The molecule has 0 N–H and O–H groups in total. The molecular weight excluding hydrogens is 307 g/mol. The van der Waals surface area contributed by atoms with E-state index in [1.807, 2.05) is 19.1 Å². The maximum Gasteiger partial charge on any atom is 0.266 e. The van der Waals surface area contributed by atoms with Crippen molar-refractivity contribution < 1.29 is 8.91 Å². The van der Waals surface area contributed by atoms with Crippen LogP contribution in [0.15, 0.2) is 28.8 Å². The predicted octanol–water partition coefficient (Wildman–Crippen LogP) is 3.01. The third-order valence-electron chi connectivity index (χ3n) is 5.30. The van der Waals surface area contributed by atoms with Crippen molar-refractivity contribution in [3.05, 3.63) is 41.5 Å². The molecule has 1 aromatic heterocycles. The van der Waals surface area contributed by atoms with Gasteiger partial charge in [-0.15, -0.1) is 0 Å². The monoisotopic (exact) mass is 330 g/mol. The molecule has 1 spiro atoms. The third kappa shape index (κ3) is 3.15. The molecule has 1 unspecified atom stereocenters. The zero-order valence-electron chi connectivity index (χ0n) is 14.0. The topological polar surface area (TPSA) is 45.4 Å². The van der Waals surface area contributed by atoms with Gasteiger partial charge in [-0.3, -0.25) is 4.90 Å². The average Bonchev–Trinajstić information content (AvgIpc) is 3.17. The number of likely N-dealkylation sites (tertiary alicyclic amines) is 1. The summed E-state index contributed by atoms with van der Waals surface area (Å²) in [6.07, 6.45) is 3.63. The predicted molar refractivity (Wildman–Crippen MR) is 89.2 cm³/mol. The SMILES string of the molecule is Cc1nc(N2CCC3(CCCN(Cc4ccc(F)cc4)C3)C2)no1. The molecule has 24 heavy (non-hydrogen) atoms. The van der Waals surface area contributed by atoms with Gasteiger partial charge in [0.15, 0.2) is 0 Å². The zero-order valence-corrected chi connectivity index (χ0v) is 14.0. The Morgan fingerprint density at radius 1 is 1.17 bits per heavy atom. The number of hydrogen-bond acceptors (Lipinski definition) is 5. The van der Waals surface area contributed by atoms with E-state index < -0.39 is 0 Å². The Balaban J connectivity index is 1.42. The second kappa shape index (κ2) is 6.16. The lowest BCUT2D eigenvalue weighted by Crippen LogP contribution is -2.44. The highest BCUT2D eigenvalue weighted by atomic mass is 19.1. The lowest BCUT2D eigenvalue weighted by molar-refractivity contribution is 0.0991. The summed E-state index contributed by atoms with van der Waals surface area (Å²) >= 11 is 0. The second-order valence-corrected chi connectivity index (χ2v) is 7.23. The van der Waals surface area contributed by atoms with E-state index in [0.29, 0.717) is 11.3 Å². The van der Waals surface area contributed by atoms with Gasteiger partial charge in [0.2, 0.25) is 5.89 Å². The normalized spacial score (nSPS) is 24.8. The van der Waals surface area contributed by atoms with E-state index in [0.717, 1.165) is 38.7 Å². The lowest BCUT2D eigenvalue weighted by Gasteiger charge is -2.40. The molecule has 5 nitrogen and oxygen atoms in total. The van der Waals surface area contributed by atoms with Crippen molar-refractivity contribution in [3.8, 4) is 0 Å². The molecule has 0 bridgehead atoms. The van der Waals surface area contributed by atoms with Crippen LogP contribution in [-0.2, 0) is 6.54 Å². The molecule has 2 aliphatic rings. The standard InChI is InChI=1S/C18H23FN4O/c1-14-20-17(21-24-14)23-10-8-18(13-23)7-2-9-22(12-18)11-15-3-5-16(19)6-4-15/h3-6H,2,7-13H2,1H3. The van der Waals surface area contributed by atoms with E-state index in [1.165, 1.54) is 24.8 Å². The fourth-order valence-corrected chi connectivity index (χ4v) is 4.15. The number of anilines is 1. The average molecular weight is 330 g/mol. The third-order valence-corrected chi connectivity index (χ3v) is 5.30. The molecule has 0 aliphatic carbocycles. The maximum atomic E-state index is 13.1. The van der Waals surface area contributed by atoms with Crippen LogP contribution in [0.1, 0.15) is 30.7 Å². The van der Waals surface area contributed by atoms with Crippen molar-refractivity contribution in [2.75, 3.05) is 31.1 Å². The molecule has 1 atom stereocenters. The van der Waals surface area contributed by atoms with Gasteiger partial charge in [0.1, 0.15) is 5.82 Å². The first-order valence-electron chi connectivity index (χ1n) is 8.64. The summed E-state index contributed by atoms with van der Waals surface area (Å²) < 4.78 is 18.2. The van der Waals surface area contributed by atoms with Crippen LogP contribution in [0, 0.1) is 18.2 Å². The van der Waals surface area contributed by atoms with Gasteiger partial charge in [-0.05, 0) is 48.7 Å². The van der Waals surface area contributed by atoms with E-state index in [-0.39, 0.29) is 5.82 Å². The summed E-state index contributed by atoms with van der Waals surface area (Å²) in [5, 5.41) is 4.06. The largest absolute Gasteiger partial charge is 0.338 e. The van der Waals surface area contributed by atoms with Gasteiger partial charge in [-0.25, -0.2) is 4.39 Å². The van der Waals surface area contributed by atoms with Crippen LogP contribution in [0.3, 0.4) is 0 Å². The smallest absolute Gasteiger partial charge is 0.266 e. The van der Waals surface area contributed by atoms with Gasteiger partial charge in [-0.2, -0.15) is 4.98 Å². The van der Waals surface area contributed by atoms with Crippen molar-refractivity contribution in [2.45, 2.75) is 32.7 Å². The molecule has 2 saturated heterocycles. The molecule has 2 aromatic rings. The first-order chi connectivity index (χ1) is 11.6. The highest BCUT2D eigenvalue weighted by molar-refractivity contribution is 5.31. The summed E-state index contributed by atoms with van der Waals surface area (Å²) in [4.78, 5) is 9.11. The Morgan fingerprint density at radius 2 is 2.00 bits per heavy atom. The minimum absolute atomic E-state index is 0.171. The van der Waals surface area contributed by atoms with Gasteiger partial charge in [0, 0.05) is 38.5 Å². The van der Waals surface area contributed by atoms with Gasteiger partial charge in [0.05, 0.1) is 0 Å².